The van der Waals surface area contributed by atoms with E-state index >= 15 is 0 Å². The van der Waals surface area contributed by atoms with Crippen molar-refractivity contribution < 1.29 is 14.3 Å². The molecular formula is C24H27NO3. The zero-order valence-corrected chi connectivity index (χ0v) is 16.3. The van der Waals surface area contributed by atoms with Gasteiger partial charge in [0.15, 0.2) is 0 Å². The summed E-state index contributed by atoms with van der Waals surface area (Å²) >= 11 is 0. The minimum atomic E-state index is 0.0229. The lowest BCUT2D eigenvalue weighted by Gasteiger charge is -2.10. The highest BCUT2D eigenvalue weighted by molar-refractivity contribution is 5.90. The Hall–Kier alpha value is -2.69. The quantitative estimate of drug-likeness (QED) is 0.537. The van der Waals surface area contributed by atoms with Crippen molar-refractivity contribution in [1.82, 2.24) is 5.32 Å². The molecule has 0 saturated carbocycles. The van der Waals surface area contributed by atoms with Crippen LogP contribution < -0.4 is 5.32 Å². The summed E-state index contributed by atoms with van der Waals surface area (Å²) < 4.78 is 10.9. The average Bonchev–Trinajstić information content (AvgIpc) is 2.73. The fourth-order valence-electron chi connectivity index (χ4n) is 3.16. The Bertz CT molecular complexity index is 902. The zero-order chi connectivity index (χ0) is 19.6. The minimum absolute atomic E-state index is 0.0229. The van der Waals surface area contributed by atoms with Crippen LogP contribution in [0.1, 0.15) is 23.6 Å². The number of amides is 1. The summed E-state index contributed by atoms with van der Waals surface area (Å²) in [5, 5.41) is 5.31. The maximum atomic E-state index is 12.4. The molecule has 0 aromatic heterocycles. The highest BCUT2D eigenvalue weighted by Crippen LogP contribution is 2.18. The Kier molecular flexibility index (Phi) is 7.59. The lowest BCUT2D eigenvalue weighted by molar-refractivity contribution is -0.120. The SMILES string of the molecule is CCOCCOCc1cccc(CNC(=O)Cc2cccc3ccccc23)c1. The lowest BCUT2D eigenvalue weighted by Crippen LogP contribution is -2.24. The Morgan fingerprint density at radius 2 is 1.64 bits per heavy atom. The molecule has 0 aliphatic rings. The maximum absolute atomic E-state index is 12.4. The molecule has 0 spiro atoms. The highest BCUT2D eigenvalue weighted by Gasteiger charge is 2.07. The van der Waals surface area contributed by atoms with Gasteiger partial charge in [-0.15, -0.1) is 0 Å². The number of carbonyl (C=O) groups is 1. The van der Waals surface area contributed by atoms with Crippen LogP contribution >= 0.6 is 0 Å². The third-order valence-electron chi connectivity index (χ3n) is 4.56. The van der Waals surface area contributed by atoms with Crippen molar-refractivity contribution in [3.63, 3.8) is 0 Å². The summed E-state index contributed by atoms with van der Waals surface area (Å²) in [6.45, 7) is 4.93. The number of hydrogen-bond donors (Lipinski definition) is 1. The fraction of sp³-hybridized carbons (Fsp3) is 0.292. The lowest BCUT2D eigenvalue weighted by atomic mass is 10.0. The van der Waals surface area contributed by atoms with Crippen molar-refractivity contribution in [2.45, 2.75) is 26.5 Å². The van der Waals surface area contributed by atoms with Crippen molar-refractivity contribution in [3.05, 3.63) is 83.4 Å². The van der Waals surface area contributed by atoms with E-state index in [1.165, 1.54) is 0 Å². The van der Waals surface area contributed by atoms with E-state index in [0.29, 0.717) is 39.4 Å². The van der Waals surface area contributed by atoms with Gasteiger partial charge in [0.1, 0.15) is 0 Å². The van der Waals surface area contributed by atoms with Crippen LogP contribution in [0.2, 0.25) is 0 Å². The molecular weight excluding hydrogens is 350 g/mol. The molecule has 4 nitrogen and oxygen atoms in total. The average molecular weight is 377 g/mol. The van der Waals surface area contributed by atoms with Gasteiger partial charge in [0.25, 0.3) is 0 Å². The van der Waals surface area contributed by atoms with E-state index in [1.807, 2.05) is 49.4 Å². The Morgan fingerprint density at radius 1 is 0.893 bits per heavy atom. The number of hydrogen-bond acceptors (Lipinski definition) is 3. The monoisotopic (exact) mass is 377 g/mol. The predicted octanol–water partition coefficient (Wildman–Crippen LogP) is 4.25. The molecule has 3 aromatic carbocycles. The molecule has 146 valence electrons. The van der Waals surface area contributed by atoms with Crippen LogP contribution in [0, 0.1) is 0 Å². The van der Waals surface area contributed by atoms with Crippen molar-refractivity contribution in [2.24, 2.45) is 0 Å². The summed E-state index contributed by atoms with van der Waals surface area (Å²) in [6.07, 6.45) is 0.377. The van der Waals surface area contributed by atoms with Crippen LogP contribution in [0.3, 0.4) is 0 Å². The Morgan fingerprint density at radius 3 is 2.54 bits per heavy atom. The second-order valence-electron chi connectivity index (χ2n) is 6.66. The maximum Gasteiger partial charge on any atom is 0.224 e. The number of rotatable bonds is 10. The largest absolute Gasteiger partial charge is 0.379 e. The standard InChI is InChI=1S/C24H27NO3/c1-2-27-13-14-28-18-20-8-5-7-19(15-20)17-25-24(26)16-22-11-6-10-21-9-3-4-12-23(21)22/h3-12,15H,2,13-14,16-18H2,1H3,(H,25,26). The first kappa shape index (κ1) is 20.1. The minimum Gasteiger partial charge on any atom is -0.379 e. The molecule has 1 N–H and O–H groups in total. The molecule has 0 aliphatic heterocycles. The highest BCUT2D eigenvalue weighted by atomic mass is 16.5. The zero-order valence-electron chi connectivity index (χ0n) is 16.3. The summed E-state index contributed by atoms with van der Waals surface area (Å²) in [7, 11) is 0. The van der Waals surface area contributed by atoms with Gasteiger partial charge in [0.05, 0.1) is 26.2 Å². The van der Waals surface area contributed by atoms with E-state index in [4.69, 9.17) is 9.47 Å². The van der Waals surface area contributed by atoms with Crippen molar-refractivity contribution in [1.29, 1.82) is 0 Å². The van der Waals surface area contributed by atoms with Crippen LogP contribution in [0.5, 0.6) is 0 Å². The van der Waals surface area contributed by atoms with Gasteiger partial charge in [0.2, 0.25) is 5.91 Å². The number of nitrogens with one attached hydrogen (secondary N) is 1. The smallest absolute Gasteiger partial charge is 0.224 e. The predicted molar refractivity (Wildman–Crippen MR) is 112 cm³/mol. The molecule has 3 rings (SSSR count). The van der Waals surface area contributed by atoms with E-state index < -0.39 is 0 Å². The molecule has 4 heteroatoms. The van der Waals surface area contributed by atoms with E-state index in [2.05, 4.69) is 29.6 Å². The van der Waals surface area contributed by atoms with E-state index in [1.54, 1.807) is 0 Å². The number of ether oxygens (including phenoxy) is 2. The first-order valence-corrected chi connectivity index (χ1v) is 9.73. The molecule has 0 bridgehead atoms. The first-order valence-electron chi connectivity index (χ1n) is 9.73. The Labute approximate surface area is 166 Å². The van der Waals surface area contributed by atoms with Crippen molar-refractivity contribution in [2.75, 3.05) is 19.8 Å². The van der Waals surface area contributed by atoms with Crippen LogP contribution in [0.15, 0.2) is 66.7 Å². The van der Waals surface area contributed by atoms with Crippen LogP contribution in [-0.4, -0.2) is 25.7 Å². The third kappa shape index (κ3) is 5.91. The van der Waals surface area contributed by atoms with Crippen molar-refractivity contribution in [3.8, 4) is 0 Å². The molecule has 28 heavy (non-hydrogen) atoms. The summed E-state index contributed by atoms with van der Waals surface area (Å²) in [4.78, 5) is 12.4. The van der Waals surface area contributed by atoms with Gasteiger partial charge in [-0.3, -0.25) is 4.79 Å². The summed E-state index contributed by atoms with van der Waals surface area (Å²) in [6, 6.07) is 22.3. The molecule has 0 atom stereocenters. The molecule has 0 aliphatic carbocycles. The van der Waals surface area contributed by atoms with Gasteiger partial charge < -0.3 is 14.8 Å². The molecule has 0 saturated heterocycles. The first-order chi connectivity index (χ1) is 13.8. The number of fused-ring (bicyclic) bond motifs is 1. The van der Waals surface area contributed by atoms with Crippen molar-refractivity contribution >= 4 is 16.7 Å². The molecule has 0 unspecified atom stereocenters. The Balaban J connectivity index is 1.51. The van der Waals surface area contributed by atoms with Gasteiger partial charge >= 0.3 is 0 Å². The second-order valence-corrected chi connectivity index (χ2v) is 6.66. The molecule has 1 amide bonds. The number of carbonyl (C=O) groups excluding carboxylic acids is 1. The summed E-state index contributed by atoms with van der Waals surface area (Å²) in [5.74, 6) is 0.0229. The van der Waals surface area contributed by atoms with Crippen LogP contribution in [-0.2, 0) is 33.8 Å². The third-order valence-corrected chi connectivity index (χ3v) is 4.56. The molecule has 3 aromatic rings. The van der Waals surface area contributed by atoms with E-state index in [0.717, 1.165) is 27.5 Å². The van der Waals surface area contributed by atoms with Gasteiger partial charge in [-0.2, -0.15) is 0 Å². The normalized spacial score (nSPS) is 10.9. The van der Waals surface area contributed by atoms with E-state index in [9.17, 15) is 4.79 Å². The molecule has 0 heterocycles. The number of benzene rings is 3. The topological polar surface area (TPSA) is 47.6 Å². The second kappa shape index (κ2) is 10.6. The van der Waals surface area contributed by atoms with Crippen LogP contribution in [0.25, 0.3) is 10.8 Å². The molecule has 0 fully saturated rings. The van der Waals surface area contributed by atoms with Gasteiger partial charge in [-0.25, -0.2) is 0 Å². The van der Waals surface area contributed by atoms with Gasteiger partial charge in [0, 0.05) is 13.2 Å². The fourth-order valence-corrected chi connectivity index (χ4v) is 3.16. The summed E-state index contributed by atoms with van der Waals surface area (Å²) in [5.41, 5.74) is 3.21. The van der Waals surface area contributed by atoms with E-state index in [-0.39, 0.29) is 5.91 Å². The van der Waals surface area contributed by atoms with Gasteiger partial charge in [-0.05, 0) is 34.4 Å². The van der Waals surface area contributed by atoms with Crippen LogP contribution in [0.4, 0.5) is 0 Å². The van der Waals surface area contributed by atoms with Gasteiger partial charge in [-0.1, -0.05) is 66.7 Å². The molecule has 0 radical (unpaired) electrons.